The molecule has 0 saturated heterocycles. The van der Waals surface area contributed by atoms with Crippen molar-refractivity contribution >= 4 is 31.4 Å². The third-order valence-corrected chi connectivity index (χ3v) is 3.07. The Labute approximate surface area is 97.8 Å². The monoisotopic (exact) mass is 287 g/mol. The van der Waals surface area contributed by atoms with E-state index in [-0.39, 0.29) is 0 Å². The molecular weight excluding hydrogens is 284 g/mol. The Morgan fingerprint density at radius 3 is 2.41 bits per heavy atom. The molecule has 0 aliphatic rings. The molecule has 1 rings (SSSR count). The van der Waals surface area contributed by atoms with Gasteiger partial charge in [0.05, 0.1) is 6.07 Å². The summed E-state index contributed by atoms with van der Waals surface area (Å²) in [6.07, 6.45) is -3.27. The van der Waals surface area contributed by atoms with Gasteiger partial charge in [-0.3, -0.25) is 0 Å². The quantitative estimate of drug-likeness (QED) is 0.511. The Morgan fingerprint density at radius 1 is 1.53 bits per heavy atom. The Hall–Kier alpha value is -1.55. The van der Waals surface area contributed by atoms with E-state index < -0.39 is 42.5 Å². The van der Waals surface area contributed by atoms with Gasteiger partial charge < -0.3 is 15.8 Å². The van der Waals surface area contributed by atoms with E-state index in [2.05, 4.69) is 4.98 Å². The van der Waals surface area contributed by atoms with Gasteiger partial charge in [0.1, 0.15) is 10.5 Å². The molecule has 0 fully saturated rings. The summed E-state index contributed by atoms with van der Waals surface area (Å²) < 4.78 is 47.1. The number of anilines is 1. The highest BCUT2D eigenvalue weighted by atomic mass is 35.7. The summed E-state index contributed by atoms with van der Waals surface area (Å²) >= 11 is 0. The highest BCUT2D eigenvalue weighted by molar-refractivity contribution is 8.13. The van der Waals surface area contributed by atoms with Gasteiger partial charge in [0, 0.05) is 10.7 Å². The lowest BCUT2D eigenvalue weighted by molar-refractivity contribution is -0.389. The van der Waals surface area contributed by atoms with E-state index in [0.29, 0.717) is 6.07 Å². The zero-order chi connectivity index (χ0) is 13.4. The van der Waals surface area contributed by atoms with E-state index in [0.717, 1.165) is 0 Å². The lowest BCUT2D eigenvalue weighted by Gasteiger charge is -2.05. The molecule has 0 bridgehead atoms. The molecule has 0 amide bonds. The first kappa shape index (κ1) is 13.5. The summed E-state index contributed by atoms with van der Waals surface area (Å²) in [5.41, 5.74) is 3.89. The van der Waals surface area contributed by atoms with Crippen LogP contribution in [0, 0.1) is 10.1 Å². The van der Waals surface area contributed by atoms with Gasteiger partial charge in [0.15, 0.2) is 0 Å². The van der Waals surface area contributed by atoms with Crippen LogP contribution in [0.15, 0.2) is 11.0 Å². The number of hydrogen-bond donors (Lipinski definition) is 1. The van der Waals surface area contributed by atoms with Crippen molar-refractivity contribution in [1.29, 1.82) is 0 Å². The van der Waals surface area contributed by atoms with E-state index >= 15 is 0 Å². The summed E-state index contributed by atoms with van der Waals surface area (Å²) in [5.74, 6) is -1.93. The summed E-state index contributed by atoms with van der Waals surface area (Å²) in [7, 11) is 0.300. The van der Waals surface area contributed by atoms with Crippen molar-refractivity contribution in [3.8, 4) is 0 Å². The molecule has 1 aromatic heterocycles. The van der Waals surface area contributed by atoms with Crippen LogP contribution < -0.4 is 5.73 Å². The van der Waals surface area contributed by atoms with Gasteiger partial charge in [0.2, 0.25) is 5.82 Å². The van der Waals surface area contributed by atoms with Gasteiger partial charge in [-0.05, 0) is 9.91 Å². The number of nitro groups is 1. The standard InChI is InChI=1S/C6H4ClF2N3O4S/c7-17(15,16)2-1-3(12(13)14)11-6(10)4(2)5(8)9/h1,5H,(H2,10,11). The molecule has 0 saturated carbocycles. The van der Waals surface area contributed by atoms with Crippen LogP contribution in [-0.4, -0.2) is 18.3 Å². The summed E-state index contributed by atoms with van der Waals surface area (Å²) in [4.78, 5) is 11.2. The molecule has 0 aliphatic carbocycles. The van der Waals surface area contributed by atoms with E-state index in [1.165, 1.54) is 0 Å². The normalized spacial score (nSPS) is 11.8. The van der Waals surface area contributed by atoms with Crippen LogP contribution in [-0.2, 0) is 9.05 Å². The van der Waals surface area contributed by atoms with Gasteiger partial charge in [0.25, 0.3) is 15.5 Å². The average molecular weight is 288 g/mol. The minimum atomic E-state index is -4.59. The zero-order valence-electron chi connectivity index (χ0n) is 7.80. The molecule has 0 radical (unpaired) electrons. The van der Waals surface area contributed by atoms with E-state index in [1.54, 1.807) is 0 Å². The van der Waals surface area contributed by atoms with Crippen molar-refractivity contribution in [3.63, 3.8) is 0 Å². The molecule has 7 nitrogen and oxygen atoms in total. The Balaban J connectivity index is 3.69. The second-order valence-corrected chi connectivity index (χ2v) is 5.31. The predicted molar refractivity (Wildman–Crippen MR) is 53.3 cm³/mol. The van der Waals surface area contributed by atoms with Crippen LogP contribution in [0.4, 0.5) is 20.4 Å². The zero-order valence-corrected chi connectivity index (χ0v) is 9.37. The summed E-state index contributed by atoms with van der Waals surface area (Å²) in [5, 5.41) is 10.4. The number of nitrogens with two attached hydrogens (primary N) is 1. The number of alkyl halides is 2. The Morgan fingerprint density at radius 2 is 2.06 bits per heavy atom. The van der Waals surface area contributed by atoms with Crippen molar-refractivity contribution < 1.29 is 22.1 Å². The maximum Gasteiger partial charge on any atom is 0.367 e. The second kappa shape index (κ2) is 4.37. The van der Waals surface area contributed by atoms with Crippen LogP contribution >= 0.6 is 10.7 Å². The van der Waals surface area contributed by atoms with Gasteiger partial charge in [-0.25, -0.2) is 17.2 Å². The van der Waals surface area contributed by atoms with Gasteiger partial charge >= 0.3 is 5.82 Å². The molecule has 17 heavy (non-hydrogen) atoms. The van der Waals surface area contributed by atoms with Crippen LogP contribution in [0.1, 0.15) is 12.0 Å². The summed E-state index contributed by atoms with van der Waals surface area (Å²) in [6, 6.07) is 0.334. The number of rotatable bonds is 3. The first-order valence-electron chi connectivity index (χ1n) is 3.82. The third kappa shape index (κ3) is 2.77. The molecule has 0 aromatic carbocycles. The average Bonchev–Trinajstić information content (AvgIpc) is 2.14. The molecule has 1 heterocycles. The minimum absolute atomic E-state index is 0.334. The fraction of sp³-hybridized carbons (Fsp3) is 0.167. The molecule has 1 aromatic rings. The van der Waals surface area contributed by atoms with Crippen LogP contribution in [0.5, 0.6) is 0 Å². The van der Waals surface area contributed by atoms with E-state index in [1.807, 2.05) is 0 Å². The number of nitrogen functional groups attached to an aromatic ring is 1. The SMILES string of the molecule is Nc1nc([N+](=O)[O-])cc(S(=O)(=O)Cl)c1C(F)F. The highest BCUT2D eigenvalue weighted by Crippen LogP contribution is 2.34. The third-order valence-electron chi connectivity index (χ3n) is 1.70. The number of aromatic nitrogens is 1. The van der Waals surface area contributed by atoms with Crippen molar-refractivity contribution in [2.24, 2.45) is 0 Å². The lowest BCUT2D eigenvalue weighted by Crippen LogP contribution is -2.08. The van der Waals surface area contributed by atoms with E-state index in [4.69, 9.17) is 16.4 Å². The van der Waals surface area contributed by atoms with Crippen LogP contribution in [0.25, 0.3) is 0 Å². The number of hydrogen-bond acceptors (Lipinski definition) is 6. The first-order valence-corrected chi connectivity index (χ1v) is 6.13. The highest BCUT2D eigenvalue weighted by Gasteiger charge is 2.30. The maximum atomic E-state index is 12.5. The largest absolute Gasteiger partial charge is 0.367 e. The number of pyridine rings is 1. The van der Waals surface area contributed by atoms with Crippen molar-refractivity contribution in [2.45, 2.75) is 11.3 Å². The van der Waals surface area contributed by atoms with Crippen molar-refractivity contribution in [2.75, 3.05) is 5.73 Å². The number of nitrogens with zero attached hydrogens (tertiary/aromatic N) is 2. The molecule has 0 atom stereocenters. The van der Waals surface area contributed by atoms with E-state index in [9.17, 15) is 27.3 Å². The van der Waals surface area contributed by atoms with Crippen molar-refractivity contribution in [1.82, 2.24) is 4.98 Å². The van der Waals surface area contributed by atoms with Crippen LogP contribution in [0.3, 0.4) is 0 Å². The molecule has 2 N–H and O–H groups in total. The van der Waals surface area contributed by atoms with Crippen LogP contribution in [0.2, 0.25) is 0 Å². The molecule has 0 unspecified atom stereocenters. The molecule has 94 valence electrons. The first-order chi connectivity index (χ1) is 7.64. The fourth-order valence-corrected chi connectivity index (χ4v) is 2.14. The Kier molecular flexibility index (Phi) is 3.48. The smallest absolute Gasteiger partial charge is 0.362 e. The Bertz CT molecular complexity index is 577. The van der Waals surface area contributed by atoms with Gasteiger partial charge in [-0.15, -0.1) is 0 Å². The fourth-order valence-electron chi connectivity index (χ4n) is 1.05. The molecule has 0 aliphatic heterocycles. The predicted octanol–water partition coefficient (Wildman–Crippen LogP) is 1.44. The van der Waals surface area contributed by atoms with Crippen molar-refractivity contribution in [3.05, 3.63) is 21.7 Å². The minimum Gasteiger partial charge on any atom is -0.362 e. The maximum absolute atomic E-state index is 12.5. The second-order valence-electron chi connectivity index (χ2n) is 2.77. The lowest BCUT2D eigenvalue weighted by atomic mass is 10.2. The topological polar surface area (TPSA) is 116 Å². The van der Waals surface area contributed by atoms with Gasteiger partial charge in [-0.2, -0.15) is 0 Å². The number of halogens is 3. The molecule has 0 spiro atoms. The molecule has 11 heteroatoms. The molecular formula is C6H4ClF2N3O4S. The van der Waals surface area contributed by atoms with Gasteiger partial charge in [-0.1, -0.05) is 0 Å². The summed E-state index contributed by atoms with van der Waals surface area (Å²) in [6.45, 7) is 0.